The number of methoxy groups -OCH3 is 3. The van der Waals surface area contributed by atoms with Gasteiger partial charge in [0.2, 0.25) is 5.75 Å². The first-order valence-corrected chi connectivity index (χ1v) is 15.9. The van der Waals surface area contributed by atoms with Crippen LogP contribution in [0.3, 0.4) is 0 Å². The predicted molar refractivity (Wildman–Crippen MR) is 160 cm³/mol. The summed E-state index contributed by atoms with van der Waals surface area (Å²) in [5.74, 6) is 0.173. The zero-order chi connectivity index (χ0) is 31.4. The lowest BCUT2D eigenvalue weighted by atomic mass is 10.1. The van der Waals surface area contributed by atoms with Crippen LogP contribution in [0.5, 0.6) is 23.0 Å². The molecule has 42 heavy (non-hydrogen) atoms. The Kier molecular flexibility index (Phi) is 14.2. The van der Waals surface area contributed by atoms with E-state index in [1.807, 2.05) is 13.8 Å². The SMILES string of the molecule is COc1cc(C(=O)OC(CCCOc2cc(C(=O)OCC(C)C)cc(Cl)c2Br)CCOS(C)(=O)=O)cc(OC)c1OC. The van der Waals surface area contributed by atoms with Crippen LogP contribution in [0.2, 0.25) is 5.02 Å². The Morgan fingerprint density at radius 2 is 1.48 bits per heavy atom. The second-order valence-corrected chi connectivity index (χ2v) is 12.4. The highest BCUT2D eigenvalue weighted by molar-refractivity contribution is 9.10. The summed E-state index contributed by atoms with van der Waals surface area (Å²) in [5.41, 5.74) is 0.392. The number of carbonyl (C=O) groups excluding carboxylic acids is 2. The Labute approximate surface area is 259 Å². The molecule has 0 aromatic heterocycles. The minimum absolute atomic E-state index is 0.107. The molecule has 0 aliphatic heterocycles. The number of benzene rings is 2. The van der Waals surface area contributed by atoms with E-state index in [0.29, 0.717) is 28.8 Å². The number of esters is 2. The smallest absolute Gasteiger partial charge is 0.338 e. The number of ether oxygens (including phenoxy) is 6. The van der Waals surface area contributed by atoms with Crippen molar-refractivity contribution in [3.05, 3.63) is 44.9 Å². The molecule has 0 aliphatic carbocycles. The lowest BCUT2D eigenvalue weighted by Crippen LogP contribution is -2.22. The Bertz CT molecular complexity index is 1310. The lowest BCUT2D eigenvalue weighted by Gasteiger charge is -2.19. The first-order chi connectivity index (χ1) is 19.8. The standard InChI is InChI=1S/C28H36BrClO11S/c1-17(2)16-39-27(31)18-12-21(30)25(29)22(13-18)38-10-7-8-20(9-11-40-42(6,33)34)41-28(32)19-14-23(35-3)26(37-5)24(15-19)36-4/h12-15,17,20H,7-11,16H2,1-6H3. The number of hydrogen-bond acceptors (Lipinski definition) is 11. The van der Waals surface area contributed by atoms with E-state index in [1.54, 1.807) is 0 Å². The van der Waals surface area contributed by atoms with Crippen molar-refractivity contribution in [2.45, 2.75) is 39.2 Å². The van der Waals surface area contributed by atoms with E-state index < -0.39 is 28.2 Å². The third kappa shape index (κ3) is 11.2. The third-order valence-corrected chi connectivity index (χ3v) is 7.56. The second kappa shape index (κ2) is 16.8. The molecule has 0 fully saturated rings. The normalized spacial score (nSPS) is 12.0. The van der Waals surface area contributed by atoms with Crippen molar-refractivity contribution in [3.8, 4) is 23.0 Å². The van der Waals surface area contributed by atoms with Gasteiger partial charge in [0.1, 0.15) is 11.9 Å². The maximum absolute atomic E-state index is 13.1. The number of rotatable bonds is 17. The first-order valence-electron chi connectivity index (χ1n) is 12.9. The van der Waals surface area contributed by atoms with Crippen LogP contribution >= 0.6 is 27.5 Å². The zero-order valence-electron chi connectivity index (χ0n) is 24.4. The summed E-state index contributed by atoms with van der Waals surface area (Å²) in [6.45, 7) is 4.11. The van der Waals surface area contributed by atoms with Gasteiger partial charge >= 0.3 is 11.9 Å². The highest BCUT2D eigenvalue weighted by Crippen LogP contribution is 2.38. The van der Waals surface area contributed by atoms with E-state index in [2.05, 4.69) is 15.9 Å². The molecule has 11 nitrogen and oxygen atoms in total. The molecular weight excluding hydrogens is 660 g/mol. The Hall–Kier alpha value is -2.74. The van der Waals surface area contributed by atoms with Crippen LogP contribution < -0.4 is 18.9 Å². The molecule has 0 radical (unpaired) electrons. The molecular formula is C28H36BrClO11S. The fraction of sp³-hybridized carbons (Fsp3) is 0.500. The quantitative estimate of drug-likeness (QED) is 0.115. The van der Waals surface area contributed by atoms with Crippen molar-refractivity contribution in [1.29, 1.82) is 0 Å². The minimum atomic E-state index is -3.68. The summed E-state index contributed by atoms with van der Waals surface area (Å²) >= 11 is 9.65. The maximum atomic E-state index is 13.1. The summed E-state index contributed by atoms with van der Waals surface area (Å²) < 4.78 is 61.0. The molecule has 234 valence electrons. The summed E-state index contributed by atoms with van der Waals surface area (Å²) in [6.07, 6.45) is 1.04. The van der Waals surface area contributed by atoms with Gasteiger partial charge < -0.3 is 28.4 Å². The van der Waals surface area contributed by atoms with Crippen LogP contribution in [0.4, 0.5) is 0 Å². The van der Waals surface area contributed by atoms with E-state index >= 15 is 0 Å². The van der Waals surface area contributed by atoms with Gasteiger partial charge in [-0.3, -0.25) is 4.18 Å². The van der Waals surface area contributed by atoms with Gasteiger partial charge in [-0.25, -0.2) is 9.59 Å². The molecule has 0 spiro atoms. The number of carbonyl (C=O) groups is 2. The highest BCUT2D eigenvalue weighted by Gasteiger charge is 2.22. The van der Waals surface area contributed by atoms with E-state index in [9.17, 15) is 18.0 Å². The van der Waals surface area contributed by atoms with Crippen LogP contribution in [-0.2, 0) is 23.8 Å². The van der Waals surface area contributed by atoms with Crippen LogP contribution in [0.15, 0.2) is 28.7 Å². The van der Waals surface area contributed by atoms with Crippen molar-refractivity contribution in [3.63, 3.8) is 0 Å². The van der Waals surface area contributed by atoms with Gasteiger partial charge in [0.15, 0.2) is 11.5 Å². The van der Waals surface area contributed by atoms with Crippen molar-refractivity contribution in [2.24, 2.45) is 5.92 Å². The molecule has 0 heterocycles. The molecule has 0 bridgehead atoms. The van der Waals surface area contributed by atoms with Crippen LogP contribution in [0, 0.1) is 5.92 Å². The molecule has 14 heteroatoms. The van der Waals surface area contributed by atoms with Crippen LogP contribution in [0.25, 0.3) is 0 Å². The van der Waals surface area contributed by atoms with Gasteiger partial charge in [-0.15, -0.1) is 0 Å². The molecule has 1 atom stereocenters. The van der Waals surface area contributed by atoms with Gasteiger partial charge in [-0.05, 0) is 59.0 Å². The average molecular weight is 696 g/mol. The van der Waals surface area contributed by atoms with Crippen molar-refractivity contribution in [1.82, 2.24) is 0 Å². The summed E-state index contributed by atoms with van der Waals surface area (Å²) in [4.78, 5) is 25.5. The van der Waals surface area contributed by atoms with E-state index in [4.69, 9.17) is 44.2 Å². The van der Waals surface area contributed by atoms with Crippen LogP contribution in [-0.4, -0.2) is 73.9 Å². The molecule has 0 saturated heterocycles. The van der Waals surface area contributed by atoms with Crippen molar-refractivity contribution >= 4 is 49.6 Å². The van der Waals surface area contributed by atoms with E-state index in [0.717, 1.165) is 6.26 Å². The molecule has 0 aliphatic rings. The summed E-state index contributed by atoms with van der Waals surface area (Å²) in [7, 11) is 0.608. The Morgan fingerprint density at radius 1 is 0.881 bits per heavy atom. The molecule has 0 amide bonds. The zero-order valence-corrected chi connectivity index (χ0v) is 27.5. The van der Waals surface area contributed by atoms with Crippen LogP contribution in [0.1, 0.15) is 53.8 Å². The molecule has 2 rings (SSSR count). The highest BCUT2D eigenvalue weighted by atomic mass is 79.9. The lowest BCUT2D eigenvalue weighted by molar-refractivity contribution is 0.0217. The molecule has 2 aromatic rings. The second-order valence-electron chi connectivity index (χ2n) is 9.51. The monoisotopic (exact) mass is 694 g/mol. The maximum Gasteiger partial charge on any atom is 0.338 e. The summed E-state index contributed by atoms with van der Waals surface area (Å²) in [5, 5.41) is 0.277. The molecule has 0 N–H and O–H groups in total. The van der Waals surface area contributed by atoms with Gasteiger partial charge in [0, 0.05) is 6.42 Å². The fourth-order valence-electron chi connectivity index (χ4n) is 3.62. The third-order valence-electron chi connectivity index (χ3n) is 5.62. The Morgan fingerprint density at radius 3 is 2.02 bits per heavy atom. The number of hydrogen-bond donors (Lipinski definition) is 0. The molecule has 2 aromatic carbocycles. The summed E-state index contributed by atoms with van der Waals surface area (Å²) in [6, 6.07) is 5.93. The van der Waals surface area contributed by atoms with Gasteiger partial charge in [0.05, 0.1) is 68.0 Å². The minimum Gasteiger partial charge on any atom is -0.493 e. The van der Waals surface area contributed by atoms with Crippen molar-refractivity contribution in [2.75, 3.05) is 47.4 Å². The van der Waals surface area contributed by atoms with Gasteiger partial charge in [-0.2, -0.15) is 8.42 Å². The van der Waals surface area contributed by atoms with E-state index in [-0.39, 0.29) is 59.8 Å². The average Bonchev–Trinajstić information content (AvgIpc) is 2.93. The number of halogens is 2. The predicted octanol–water partition coefficient (Wildman–Crippen LogP) is 5.69. The van der Waals surface area contributed by atoms with Gasteiger partial charge in [0.25, 0.3) is 10.1 Å². The van der Waals surface area contributed by atoms with E-state index in [1.165, 1.54) is 45.6 Å². The fourth-order valence-corrected chi connectivity index (χ4v) is 4.57. The van der Waals surface area contributed by atoms with Crippen molar-refractivity contribution < 1.29 is 50.6 Å². The topological polar surface area (TPSA) is 133 Å². The molecule has 1 unspecified atom stereocenters. The largest absolute Gasteiger partial charge is 0.493 e. The first kappa shape index (κ1) is 35.5. The Balaban J connectivity index is 2.12. The van der Waals surface area contributed by atoms with Gasteiger partial charge in [-0.1, -0.05) is 25.4 Å². The molecule has 0 saturated carbocycles.